The van der Waals surface area contributed by atoms with Gasteiger partial charge in [0.1, 0.15) is 4.90 Å². The predicted octanol–water partition coefficient (Wildman–Crippen LogP) is -0.778. The highest BCUT2D eigenvalue weighted by Crippen LogP contribution is 2.04. The summed E-state index contributed by atoms with van der Waals surface area (Å²) >= 11 is 0. The van der Waals surface area contributed by atoms with E-state index in [4.69, 9.17) is 5.26 Å². The van der Waals surface area contributed by atoms with Crippen molar-refractivity contribution in [1.82, 2.24) is 14.5 Å². The van der Waals surface area contributed by atoms with Crippen molar-refractivity contribution < 1.29 is 8.42 Å². The standard InChI is InChI=1S/C6H8N4O2S/c1-10-5-6(4-8-10)13(11,12)9-3-2-7/h4-5,9H,3H2,1H3. The van der Waals surface area contributed by atoms with E-state index in [1.165, 1.54) is 17.1 Å². The van der Waals surface area contributed by atoms with Gasteiger partial charge in [-0.1, -0.05) is 0 Å². The summed E-state index contributed by atoms with van der Waals surface area (Å²) in [5.74, 6) is 0. The molecule has 7 heteroatoms. The van der Waals surface area contributed by atoms with E-state index < -0.39 is 10.0 Å². The third-order valence-electron chi connectivity index (χ3n) is 1.33. The number of hydrogen-bond donors (Lipinski definition) is 1. The Morgan fingerprint density at radius 1 is 1.77 bits per heavy atom. The first-order valence-corrected chi connectivity index (χ1v) is 4.90. The fourth-order valence-electron chi connectivity index (χ4n) is 0.748. The Bertz CT molecular complexity index is 428. The van der Waals surface area contributed by atoms with E-state index in [9.17, 15) is 8.42 Å². The molecule has 0 saturated heterocycles. The number of nitrogens with one attached hydrogen (secondary N) is 1. The van der Waals surface area contributed by atoms with E-state index in [0.29, 0.717) is 0 Å². The molecule has 0 fully saturated rings. The molecule has 1 rings (SSSR count). The monoisotopic (exact) mass is 200 g/mol. The Labute approximate surface area is 75.8 Å². The molecule has 1 heterocycles. The molecule has 70 valence electrons. The fraction of sp³-hybridized carbons (Fsp3) is 0.333. The molecule has 1 aromatic heterocycles. The maximum Gasteiger partial charge on any atom is 0.244 e. The quantitative estimate of drug-likeness (QED) is 0.648. The lowest BCUT2D eigenvalue weighted by molar-refractivity contribution is 0.585. The number of nitriles is 1. The average molecular weight is 200 g/mol. The Balaban J connectivity index is 2.89. The number of nitrogens with zero attached hydrogens (tertiary/aromatic N) is 3. The molecule has 0 spiro atoms. The van der Waals surface area contributed by atoms with E-state index >= 15 is 0 Å². The first-order valence-electron chi connectivity index (χ1n) is 3.41. The molecule has 0 aliphatic rings. The Kier molecular flexibility index (Phi) is 2.65. The summed E-state index contributed by atoms with van der Waals surface area (Å²) in [5.41, 5.74) is 0. The van der Waals surface area contributed by atoms with Crippen molar-refractivity contribution in [3.8, 4) is 6.07 Å². The molecule has 0 radical (unpaired) electrons. The van der Waals surface area contributed by atoms with Crippen LogP contribution in [-0.4, -0.2) is 24.7 Å². The molecule has 0 saturated carbocycles. The third-order valence-corrected chi connectivity index (χ3v) is 2.69. The van der Waals surface area contributed by atoms with E-state index in [1.807, 2.05) is 0 Å². The van der Waals surface area contributed by atoms with Gasteiger partial charge >= 0.3 is 0 Å². The van der Waals surface area contributed by atoms with Crippen molar-refractivity contribution in [3.63, 3.8) is 0 Å². The second kappa shape index (κ2) is 3.55. The second-order valence-electron chi connectivity index (χ2n) is 2.33. The minimum atomic E-state index is -3.56. The van der Waals surface area contributed by atoms with E-state index in [0.717, 1.165) is 0 Å². The molecule has 0 aliphatic carbocycles. The Hall–Kier alpha value is -1.39. The fourth-order valence-corrected chi connectivity index (χ4v) is 1.65. The first-order chi connectivity index (χ1) is 6.06. The molecule has 0 amide bonds. The third kappa shape index (κ3) is 2.27. The highest BCUT2D eigenvalue weighted by atomic mass is 32.2. The van der Waals surface area contributed by atoms with Crippen molar-refractivity contribution in [2.75, 3.05) is 6.54 Å². The van der Waals surface area contributed by atoms with Crippen LogP contribution in [0.3, 0.4) is 0 Å². The molecule has 13 heavy (non-hydrogen) atoms. The summed E-state index contributed by atoms with van der Waals surface area (Å²) in [6, 6.07) is 1.68. The summed E-state index contributed by atoms with van der Waals surface area (Å²) in [6.45, 7) is -0.239. The second-order valence-corrected chi connectivity index (χ2v) is 4.10. The molecular formula is C6H8N4O2S. The maximum absolute atomic E-state index is 11.3. The molecule has 0 aromatic carbocycles. The zero-order valence-electron chi connectivity index (χ0n) is 6.93. The van der Waals surface area contributed by atoms with Crippen molar-refractivity contribution in [3.05, 3.63) is 12.4 Å². The zero-order chi connectivity index (χ0) is 9.90. The highest BCUT2D eigenvalue weighted by molar-refractivity contribution is 7.89. The minimum Gasteiger partial charge on any atom is -0.274 e. The van der Waals surface area contributed by atoms with E-state index in [1.54, 1.807) is 13.1 Å². The van der Waals surface area contributed by atoms with E-state index in [-0.39, 0.29) is 11.4 Å². The lowest BCUT2D eigenvalue weighted by atomic mass is 10.7. The van der Waals surface area contributed by atoms with Crippen molar-refractivity contribution in [1.29, 1.82) is 5.26 Å². The minimum absolute atomic E-state index is 0.0604. The van der Waals surface area contributed by atoms with Gasteiger partial charge in [0, 0.05) is 13.2 Å². The SMILES string of the molecule is Cn1cc(S(=O)(=O)NCC#N)cn1. The number of rotatable bonds is 3. The van der Waals surface area contributed by atoms with Crippen LogP contribution in [0.4, 0.5) is 0 Å². The smallest absolute Gasteiger partial charge is 0.244 e. The number of aryl methyl sites for hydroxylation is 1. The Morgan fingerprint density at radius 3 is 2.92 bits per heavy atom. The van der Waals surface area contributed by atoms with Gasteiger partial charge in [0.2, 0.25) is 10.0 Å². The van der Waals surface area contributed by atoms with Crippen molar-refractivity contribution in [2.45, 2.75) is 4.90 Å². The van der Waals surface area contributed by atoms with E-state index in [2.05, 4.69) is 9.82 Å². The summed E-state index contributed by atoms with van der Waals surface area (Å²) < 4.78 is 26.0. The van der Waals surface area contributed by atoms with Gasteiger partial charge in [-0.2, -0.15) is 15.1 Å². The lowest BCUT2D eigenvalue weighted by Crippen LogP contribution is -2.23. The van der Waals surface area contributed by atoms with Gasteiger partial charge in [-0.15, -0.1) is 0 Å². The van der Waals surface area contributed by atoms with Crippen LogP contribution in [0.2, 0.25) is 0 Å². The van der Waals surface area contributed by atoms with Gasteiger partial charge in [-0.3, -0.25) is 4.68 Å². The zero-order valence-corrected chi connectivity index (χ0v) is 7.74. The van der Waals surface area contributed by atoms with Crippen molar-refractivity contribution in [2.24, 2.45) is 7.05 Å². The summed E-state index contributed by atoms with van der Waals surface area (Å²) in [4.78, 5) is 0.0604. The van der Waals surface area contributed by atoms with Crippen LogP contribution in [0.1, 0.15) is 0 Å². The van der Waals surface area contributed by atoms with Crippen LogP contribution in [0.15, 0.2) is 17.3 Å². The predicted molar refractivity (Wildman–Crippen MR) is 44.0 cm³/mol. The van der Waals surface area contributed by atoms with Crippen LogP contribution in [0.5, 0.6) is 0 Å². The molecule has 0 atom stereocenters. The average Bonchev–Trinajstić information content (AvgIpc) is 2.49. The number of hydrogen-bond acceptors (Lipinski definition) is 4. The molecule has 0 unspecified atom stereocenters. The van der Waals surface area contributed by atoms with Crippen molar-refractivity contribution >= 4 is 10.0 Å². The Morgan fingerprint density at radius 2 is 2.46 bits per heavy atom. The van der Waals surface area contributed by atoms with Gasteiger partial charge in [-0.05, 0) is 0 Å². The van der Waals surface area contributed by atoms with Crippen LogP contribution in [0, 0.1) is 11.3 Å². The normalized spacial score (nSPS) is 11.1. The summed E-state index contributed by atoms with van der Waals surface area (Å²) in [7, 11) is -1.94. The van der Waals surface area contributed by atoms with Gasteiger partial charge in [-0.25, -0.2) is 8.42 Å². The van der Waals surface area contributed by atoms with Crippen LogP contribution in [0.25, 0.3) is 0 Å². The first kappa shape index (κ1) is 9.70. The largest absolute Gasteiger partial charge is 0.274 e. The van der Waals surface area contributed by atoms with Gasteiger partial charge in [0.15, 0.2) is 0 Å². The van der Waals surface area contributed by atoms with Gasteiger partial charge in [0.05, 0.1) is 18.8 Å². The van der Waals surface area contributed by atoms with Crippen LogP contribution >= 0.6 is 0 Å². The molecular weight excluding hydrogens is 192 g/mol. The molecule has 0 bridgehead atoms. The molecule has 6 nitrogen and oxygen atoms in total. The summed E-state index contributed by atoms with van der Waals surface area (Å²) in [6.07, 6.45) is 2.58. The topological polar surface area (TPSA) is 87.8 Å². The molecule has 1 aromatic rings. The van der Waals surface area contributed by atoms with Crippen LogP contribution in [-0.2, 0) is 17.1 Å². The maximum atomic E-state index is 11.3. The number of aromatic nitrogens is 2. The number of sulfonamides is 1. The lowest BCUT2D eigenvalue weighted by Gasteiger charge is -1.97. The molecule has 0 aliphatic heterocycles. The van der Waals surface area contributed by atoms with Crippen LogP contribution < -0.4 is 4.72 Å². The highest BCUT2D eigenvalue weighted by Gasteiger charge is 2.14. The van der Waals surface area contributed by atoms with Gasteiger partial charge < -0.3 is 0 Å². The molecule has 1 N–H and O–H groups in total. The summed E-state index contributed by atoms with van der Waals surface area (Å²) in [5, 5.41) is 11.9. The van der Waals surface area contributed by atoms with Gasteiger partial charge in [0.25, 0.3) is 0 Å².